The number of aromatic nitrogens is 2. The molecule has 0 aliphatic carbocycles. The van der Waals surface area contributed by atoms with Crippen molar-refractivity contribution < 1.29 is 13.9 Å². The summed E-state index contributed by atoms with van der Waals surface area (Å²) in [6.45, 7) is 1.85. The van der Waals surface area contributed by atoms with Gasteiger partial charge >= 0.3 is 5.97 Å². The van der Waals surface area contributed by atoms with Crippen molar-refractivity contribution in [1.82, 2.24) is 9.55 Å². The van der Waals surface area contributed by atoms with Crippen LogP contribution >= 0.6 is 11.8 Å². The number of furan rings is 1. The molecule has 0 amide bonds. The molecule has 140 valence electrons. The lowest BCUT2D eigenvalue weighted by atomic mass is 10.1. The molecule has 6 nitrogen and oxygen atoms in total. The maximum atomic E-state index is 12.8. The molecule has 3 rings (SSSR count). The highest BCUT2D eigenvalue weighted by molar-refractivity contribution is 7.98. The van der Waals surface area contributed by atoms with Crippen LogP contribution < -0.4 is 5.56 Å². The fourth-order valence-corrected chi connectivity index (χ4v) is 3.57. The van der Waals surface area contributed by atoms with Gasteiger partial charge in [0.05, 0.1) is 12.9 Å². The van der Waals surface area contributed by atoms with E-state index in [1.165, 1.54) is 18.9 Å². The lowest BCUT2D eigenvalue weighted by Crippen LogP contribution is -2.25. The summed E-state index contributed by atoms with van der Waals surface area (Å²) in [5.74, 6) is 0.706. The van der Waals surface area contributed by atoms with Crippen molar-refractivity contribution >= 4 is 17.7 Å². The van der Waals surface area contributed by atoms with Crippen LogP contribution in [0.1, 0.15) is 33.1 Å². The van der Waals surface area contributed by atoms with E-state index in [2.05, 4.69) is 9.72 Å². The van der Waals surface area contributed by atoms with Crippen LogP contribution in [0.4, 0.5) is 0 Å². The number of aryl methyl sites for hydroxylation is 1. The zero-order valence-corrected chi connectivity index (χ0v) is 16.2. The van der Waals surface area contributed by atoms with E-state index < -0.39 is 5.97 Å². The van der Waals surface area contributed by atoms with E-state index in [0.717, 1.165) is 11.3 Å². The number of methoxy groups -OCH3 is 1. The van der Waals surface area contributed by atoms with E-state index in [0.29, 0.717) is 28.7 Å². The summed E-state index contributed by atoms with van der Waals surface area (Å²) in [6.07, 6.45) is 0.554. The van der Waals surface area contributed by atoms with E-state index in [-0.39, 0.29) is 11.3 Å². The number of nitrogens with zero attached hydrogens (tertiary/aromatic N) is 2. The molecular formula is C20H20N2O4S. The van der Waals surface area contributed by atoms with Crippen molar-refractivity contribution in [3.05, 3.63) is 81.2 Å². The van der Waals surface area contributed by atoms with Crippen LogP contribution in [0, 0.1) is 6.92 Å². The van der Waals surface area contributed by atoms with Gasteiger partial charge in [-0.25, -0.2) is 9.78 Å². The molecule has 0 spiro atoms. The number of carbonyl (C=O) groups excluding carboxylic acids is 1. The third kappa shape index (κ3) is 4.31. The predicted molar refractivity (Wildman–Crippen MR) is 103 cm³/mol. The first kappa shape index (κ1) is 19.0. The van der Waals surface area contributed by atoms with Crippen LogP contribution in [-0.4, -0.2) is 22.6 Å². The van der Waals surface area contributed by atoms with Crippen LogP contribution in [0.3, 0.4) is 0 Å². The smallest absolute Gasteiger partial charge is 0.373 e. The average molecular weight is 384 g/mol. The molecule has 0 unspecified atom stereocenters. The first-order valence-electron chi connectivity index (χ1n) is 8.40. The van der Waals surface area contributed by atoms with Crippen LogP contribution in [0.15, 0.2) is 56.8 Å². The lowest BCUT2D eigenvalue weighted by Gasteiger charge is -2.11. The molecule has 0 atom stereocenters. The largest absolute Gasteiger partial charge is 0.463 e. The van der Waals surface area contributed by atoms with Gasteiger partial charge in [0.1, 0.15) is 5.76 Å². The molecule has 0 bridgehead atoms. The van der Waals surface area contributed by atoms with Crippen molar-refractivity contribution in [2.45, 2.75) is 24.3 Å². The van der Waals surface area contributed by atoms with Gasteiger partial charge in [-0.3, -0.25) is 9.36 Å². The summed E-state index contributed by atoms with van der Waals surface area (Å²) in [5.41, 5.74) is 2.44. The second kappa shape index (κ2) is 8.26. The summed E-state index contributed by atoms with van der Waals surface area (Å²) < 4.78 is 11.6. The van der Waals surface area contributed by atoms with Crippen molar-refractivity contribution in [1.29, 1.82) is 0 Å². The Labute approximate surface area is 161 Å². The number of rotatable bonds is 6. The number of thioether (sulfide) groups is 1. The molecule has 0 aliphatic rings. The Kier molecular flexibility index (Phi) is 5.81. The first-order valence-corrected chi connectivity index (χ1v) is 9.38. The van der Waals surface area contributed by atoms with Crippen LogP contribution in [0.25, 0.3) is 0 Å². The molecule has 0 saturated carbocycles. The van der Waals surface area contributed by atoms with E-state index in [9.17, 15) is 9.59 Å². The summed E-state index contributed by atoms with van der Waals surface area (Å²) in [5, 5.41) is 0.602. The third-order valence-electron chi connectivity index (χ3n) is 4.17. The summed E-state index contributed by atoms with van der Waals surface area (Å²) in [7, 11) is 3.02. The van der Waals surface area contributed by atoms with Gasteiger partial charge in [0.2, 0.25) is 5.76 Å². The number of esters is 1. The maximum Gasteiger partial charge on any atom is 0.373 e. The second-order valence-electron chi connectivity index (χ2n) is 6.03. The second-order valence-corrected chi connectivity index (χ2v) is 6.97. The van der Waals surface area contributed by atoms with Gasteiger partial charge in [-0.1, -0.05) is 42.1 Å². The van der Waals surface area contributed by atoms with Gasteiger partial charge < -0.3 is 9.15 Å². The van der Waals surface area contributed by atoms with Gasteiger partial charge in [-0.15, -0.1) is 0 Å². The maximum absolute atomic E-state index is 12.8. The minimum atomic E-state index is -0.516. The predicted octanol–water partition coefficient (Wildman–Crippen LogP) is 3.35. The van der Waals surface area contributed by atoms with E-state index in [1.54, 1.807) is 23.7 Å². The molecular weight excluding hydrogens is 364 g/mol. The summed E-state index contributed by atoms with van der Waals surface area (Å²) in [4.78, 5) is 28.8. The molecule has 2 aromatic heterocycles. The number of benzene rings is 1. The monoisotopic (exact) mass is 384 g/mol. The number of hydrogen-bond donors (Lipinski definition) is 0. The lowest BCUT2D eigenvalue weighted by molar-refractivity contribution is 0.0563. The normalized spacial score (nSPS) is 10.8. The zero-order valence-electron chi connectivity index (χ0n) is 15.4. The fourth-order valence-electron chi connectivity index (χ4n) is 2.66. The SMILES string of the molecule is COC(=O)c1ccc(CSc2nc(C)c(Cc3ccccc3)c(=O)n2C)o1. The topological polar surface area (TPSA) is 74.3 Å². The van der Waals surface area contributed by atoms with Crippen molar-refractivity contribution in [3.63, 3.8) is 0 Å². The van der Waals surface area contributed by atoms with Gasteiger partial charge in [-0.2, -0.15) is 0 Å². The molecule has 0 radical (unpaired) electrons. The van der Waals surface area contributed by atoms with Gasteiger partial charge in [-0.05, 0) is 24.6 Å². The highest BCUT2D eigenvalue weighted by atomic mass is 32.2. The first-order chi connectivity index (χ1) is 13.0. The van der Waals surface area contributed by atoms with E-state index >= 15 is 0 Å². The Morgan fingerprint density at radius 2 is 1.96 bits per heavy atom. The molecule has 27 heavy (non-hydrogen) atoms. The number of carbonyl (C=O) groups is 1. The van der Waals surface area contributed by atoms with Gasteiger partial charge in [0.25, 0.3) is 5.56 Å². The Morgan fingerprint density at radius 1 is 1.22 bits per heavy atom. The van der Waals surface area contributed by atoms with Crippen molar-refractivity contribution in [2.24, 2.45) is 7.05 Å². The highest BCUT2D eigenvalue weighted by Crippen LogP contribution is 2.22. The van der Waals surface area contributed by atoms with E-state index in [4.69, 9.17) is 4.42 Å². The van der Waals surface area contributed by atoms with Crippen LogP contribution in [0.5, 0.6) is 0 Å². The molecule has 0 saturated heterocycles. The van der Waals surface area contributed by atoms with Crippen molar-refractivity contribution in [3.8, 4) is 0 Å². The fraction of sp³-hybridized carbons (Fsp3) is 0.250. The van der Waals surface area contributed by atoms with E-state index in [1.807, 2.05) is 37.3 Å². The van der Waals surface area contributed by atoms with Crippen LogP contribution in [0.2, 0.25) is 0 Å². The minimum Gasteiger partial charge on any atom is -0.463 e. The Bertz CT molecular complexity index is 1010. The highest BCUT2D eigenvalue weighted by Gasteiger charge is 2.15. The zero-order chi connectivity index (χ0) is 19.4. The average Bonchev–Trinajstić information content (AvgIpc) is 3.16. The molecule has 7 heteroatoms. The van der Waals surface area contributed by atoms with Gasteiger partial charge in [0.15, 0.2) is 5.16 Å². The third-order valence-corrected chi connectivity index (χ3v) is 5.22. The molecule has 1 aromatic carbocycles. The summed E-state index contributed by atoms with van der Waals surface area (Å²) in [6, 6.07) is 13.1. The molecule has 0 aliphatic heterocycles. The quantitative estimate of drug-likeness (QED) is 0.369. The minimum absolute atomic E-state index is 0.0523. The molecule has 3 aromatic rings. The number of ether oxygens (including phenoxy) is 1. The number of hydrogen-bond acceptors (Lipinski definition) is 6. The van der Waals surface area contributed by atoms with Crippen LogP contribution in [-0.2, 0) is 24.0 Å². The Morgan fingerprint density at radius 3 is 2.67 bits per heavy atom. The summed E-state index contributed by atoms with van der Waals surface area (Å²) >= 11 is 1.38. The Hall–Kier alpha value is -2.80. The standard InChI is InChI=1S/C20H20N2O4S/c1-13-16(11-14-7-5-4-6-8-14)18(23)22(2)20(21-13)27-12-15-9-10-17(26-15)19(24)25-3/h4-10H,11-12H2,1-3H3. The Balaban J connectivity index is 1.78. The molecule has 0 N–H and O–H groups in total. The molecule has 0 fully saturated rings. The molecule has 2 heterocycles. The van der Waals surface area contributed by atoms with Crippen molar-refractivity contribution in [2.75, 3.05) is 7.11 Å². The van der Waals surface area contributed by atoms with Gasteiger partial charge in [0, 0.05) is 24.7 Å².